The number of piperidine rings is 1. The van der Waals surface area contributed by atoms with Crippen LogP contribution in [0.5, 0.6) is 0 Å². The zero-order valence-electron chi connectivity index (χ0n) is 17.1. The summed E-state index contributed by atoms with van der Waals surface area (Å²) in [6.07, 6.45) is 2.93. The van der Waals surface area contributed by atoms with Crippen LogP contribution in [-0.4, -0.2) is 44.0 Å². The van der Waals surface area contributed by atoms with Gasteiger partial charge in [0.15, 0.2) is 0 Å². The van der Waals surface area contributed by atoms with Crippen LogP contribution in [0, 0.1) is 0 Å². The minimum Gasteiger partial charge on any atom is -0.351 e. The standard InChI is InChI=1S/C22H26Cl2N2O3S2/c23-20-9-8-19(21(24)14-20)15-30-13-10-25-22(27)18-6-4-17(5-7-18)16-31(28,29)26-11-2-1-3-12-26/h4-9,14H,1-3,10-13,15-16H2,(H,25,27). The van der Waals surface area contributed by atoms with Crippen LogP contribution < -0.4 is 5.32 Å². The van der Waals surface area contributed by atoms with Gasteiger partial charge in [-0.3, -0.25) is 4.79 Å². The molecule has 1 amide bonds. The molecule has 0 aromatic heterocycles. The van der Waals surface area contributed by atoms with Crippen molar-refractivity contribution >= 4 is 50.9 Å². The van der Waals surface area contributed by atoms with Gasteiger partial charge in [0, 0.05) is 46.7 Å². The van der Waals surface area contributed by atoms with Crippen LogP contribution in [-0.2, 0) is 21.5 Å². The lowest BCUT2D eigenvalue weighted by atomic mass is 10.1. The second kappa shape index (κ2) is 11.6. The third-order valence-corrected chi connectivity index (χ3v) is 8.52. The number of sulfonamides is 1. The number of hydrogen-bond donors (Lipinski definition) is 1. The number of carbonyl (C=O) groups is 1. The van der Waals surface area contributed by atoms with Crippen molar-refractivity contribution in [3.63, 3.8) is 0 Å². The molecule has 1 aliphatic rings. The Morgan fingerprint density at radius 3 is 2.42 bits per heavy atom. The van der Waals surface area contributed by atoms with Gasteiger partial charge in [-0.05, 0) is 48.2 Å². The number of halogens is 2. The molecule has 31 heavy (non-hydrogen) atoms. The van der Waals surface area contributed by atoms with Gasteiger partial charge < -0.3 is 5.32 Å². The maximum absolute atomic E-state index is 12.5. The van der Waals surface area contributed by atoms with Gasteiger partial charge in [0.25, 0.3) is 5.91 Å². The van der Waals surface area contributed by atoms with E-state index in [4.69, 9.17) is 23.2 Å². The molecule has 1 fully saturated rings. The second-order valence-corrected chi connectivity index (χ2v) is 11.4. The summed E-state index contributed by atoms with van der Waals surface area (Å²) < 4.78 is 26.7. The second-order valence-electron chi connectivity index (χ2n) is 7.46. The topological polar surface area (TPSA) is 66.5 Å². The van der Waals surface area contributed by atoms with Crippen LogP contribution in [0.15, 0.2) is 42.5 Å². The van der Waals surface area contributed by atoms with E-state index in [9.17, 15) is 13.2 Å². The molecule has 0 saturated carbocycles. The lowest BCUT2D eigenvalue weighted by molar-refractivity contribution is 0.0956. The predicted molar refractivity (Wildman–Crippen MR) is 129 cm³/mol. The summed E-state index contributed by atoms with van der Waals surface area (Å²) in [4.78, 5) is 12.3. The molecule has 1 heterocycles. The fourth-order valence-corrected chi connectivity index (χ4v) is 6.38. The summed E-state index contributed by atoms with van der Waals surface area (Å²) >= 11 is 13.7. The first-order valence-corrected chi connectivity index (χ1v) is 13.7. The van der Waals surface area contributed by atoms with Crippen molar-refractivity contribution in [1.29, 1.82) is 0 Å². The molecule has 2 aromatic carbocycles. The first-order valence-electron chi connectivity index (χ1n) is 10.2. The van der Waals surface area contributed by atoms with Gasteiger partial charge in [-0.15, -0.1) is 0 Å². The highest BCUT2D eigenvalue weighted by Gasteiger charge is 2.24. The lowest BCUT2D eigenvalue weighted by Crippen LogP contribution is -2.36. The maximum Gasteiger partial charge on any atom is 0.251 e. The van der Waals surface area contributed by atoms with E-state index in [2.05, 4.69) is 5.32 Å². The molecular formula is C22H26Cl2N2O3S2. The molecule has 168 valence electrons. The van der Waals surface area contributed by atoms with Crippen molar-refractivity contribution < 1.29 is 13.2 Å². The number of amides is 1. The van der Waals surface area contributed by atoms with Crippen molar-refractivity contribution in [2.24, 2.45) is 0 Å². The normalized spacial score (nSPS) is 15.0. The Morgan fingerprint density at radius 1 is 1.03 bits per heavy atom. The highest BCUT2D eigenvalue weighted by atomic mass is 35.5. The molecule has 0 atom stereocenters. The van der Waals surface area contributed by atoms with E-state index in [1.165, 1.54) is 0 Å². The number of rotatable bonds is 9. The van der Waals surface area contributed by atoms with E-state index in [0.717, 1.165) is 36.3 Å². The van der Waals surface area contributed by atoms with Crippen molar-refractivity contribution in [2.45, 2.75) is 30.8 Å². The summed E-state index contributed by atoms with van der Waals surface area (Å²) in [5.74, 6) is 1.29. The van der Waals surface area contributed by atoms with Gasteiger partial charge in [-0.1, -0.05) is 47.8 Å². The smallest absolute Gasteiger partial charge is 0.251 e. The number of nitrogens with zero attached hydrogens (tertiary/aromatic N) is 1. The minimum absolute atomic E-state index is 0.0290. The third-order valence-electron chi connectivity index (χ3n) is 5.08. The Morgan fingerprint density at radius 2 is 1.74 bits per heavy atom. The summed E-state index contributed by atoms with van der Waals surface area (Å²) in [6, 6.07) is 12.2. The van der Waals surface area contributed by atoms with Crippen LogP contribution in [0.1, 0.15) is 40.7 Å². The van der Waals surface area contributed by atoms with Gasteiger partial charge in [0.1, 0.15) is 0 Å². The summed E-state index contributed by atoms with van der Waals surface area (Å²) in [5.41, 5.74) is 2.22. The van der Waals surface area contributed by atoms with Crippen LogP contribution in [0.3, 0.4) is 0 Å². The summed E-state index contributed by atoms with van der Waals surface area (Å²) in [7, 11) is -3.31. The molecule has 0 unspecified atom stereocenters. The average molecular weight is 502 g/mol. The Labute approximate surface area is 198 Å². The summed E-state index contributed by atoms with van der Waals surface area (Å²) in [6.45, 7) is 1.73. The Bertz CT molecular complexity index is 992. The molecule has 2 aromatic rings. The molecule has 0 spiro atoms. The largest absolute Gasteiger partial charge is 0.351 e. The van der Waals surface area contributed by atoms with Gasteiger partial charge in [-0.25, -0.2) is 12.7 Å². The van der Waals surface area contributed by atoms with E-state index in [1.54, 1.807) is 46.4 Å². The number of thioether (sulfide) groups is 1. The Kier molecular flexibility index (Phi) is 9.10. The molecule has 1 saturated heterocycles. The number of hydrogen-bond acceptors (Lipinski definition) is 4. The van der Waals surface area contributed by atoms with Crippen molar-refractivity contribution in [1.82, 2.24) is 9.62 Å². The first kappa shape index (κ1) is 24.4. The monoisotopic (exact) mass is 500 g/mol. The molecule has 5 nitrogen and oxygen atoms in total. The van der Waals surface area contributed by atoms with E-state index in [1.807, 2.05) is 12.1 Å². The quantitative estimate of drug-likeness (QED) is 0.493. The van der Waals surface area contributed by atoms with Crippen LogP contribution >= 0.6 is 35.0 Å². The maximum atomic E-state index is 12.5. The zero-order chi connectivity index (χ0) is 22.3. The SMILES string of the molecule is O=C(NCCSCc1ccc(Cl)cc1Cl)c1ccc(CS(=O)(=O)N2CCCCC2)cc1. The Balaban J connectivity index is 1.42. The molecule has 1 aliphatic heterocycles. The van der Waals surface area contributed by atoms with Gasteiger partial charge >= 0.3 is 0 Å². The number of nitrogens with one attached hydrogen (secondary N) is 1. The van der Waals surface area contributed by atoms with E-state index < -0.39 is 10.0 Å². The first-order chi connectivity index (χ1) is 14.8. The lowest BCUT2D eigenvalue weighted by Gasteiger charge is -2.25. The van der Waals surface area contributed by atoms with E-state index in [-0.39, 0.29) is 11.7 Å². The highest BCUT2D eigenvalue weighted by Crippen LogP contribution is 2.24. The Hall–Kier alpha value is -1.25. The fourth-order valence-electron chi connectivity index (χ4n) is 3.36. The van der Waals surface area contributed by atoms with Crippen LogP contribution in [0.2, 0.25) is 10.0 Å². The minimum atomic E-state index is -3.31. The van der Waals surface area contributed by atoms with Crippen LogP contribution in [0.25, 0.3) is 0 Å². The van der Waals surface area contributed by atoms with Gasteiger partial charge in [-0.2, -0.15) is 11.8 Å². The molecule has 0 bridgehead atoms. The van der Waals surface area contributed by atoms with Crippen molar-refractivity contribution in [3.05, 3.63) is 69.2 Å². The average Bonchev–Trinajstić information content (AvgIpc) is 2.75. The van der Waals surface area contributed by atoms with Gasteiger partial charge in [0.05, 0.1) is 5.75 Å². The highest BCUT2D eigenvalue weighted by molar-refractivity contribution is 7.98. The zero-order valence-corrected chi connectivity index (χ0v) is 20.3. The summed E-state index contributed by atoms with van der Waals surface area (Å²) in [5, 5.41) is 4.15. The van der Waals surface area contributed by atoms with Crippen LogP contribution in [0.4, 0.5) is 0 Å². The molecule has 1 N–H and O–H groups in total. The third kappa shape index (κ3) is 7.39. The molecule has 0 aliphatic carbocycles. The molecule has 9 heteroatoms. The molecule has 0 radical (unpaired) electrons. The predicted octanol–water partition coefficient (Wildman–Crippen LogP) is 4.97. The van der Waals surface area contributed by atoms with Gasteiger partial charge in [0.2, 0.25) is 10.0 Å². The van der Waals surface area contributed by atoms with E-state index in [0.29, 0.717) is 40.8 Å². The number of carbonyl (C=O) groups excluding carboxylic acids is 1. The fraction of sp³-hybridized carbons (Fsp3) is 0.409. The van der Waals surface area contributed by atoms with Crippen molar-refractivity contribution in [2.75, 3.05) is 25.4 Å². The molecule has 3 rings (SSSR count). The van der Waals surface area contributed by atoms with E-state index >= 15 is 0 Å². The van der Waals surface area contributed by atoms with Crippen molar-refractivity contribution in [3.8, 4) is 0 Å². The molecular weight excluding hydrogens is 475 g/mol. The number of benzene rings is 2.